The van der Waals surface area contributed by atoms with Gasteiger partial charge in [0.25, 0.3) is 6.47 Å². The van der Waals surface area contributed by atoms with Gasteiger partial charge in [0.2, 0.25) is 0 Å². The van der Waals surface area contributed by atoms with Crippen molar-refractivity contribution in [1.82, 2.24) is 5.64 Å². The SMILES string of the molecule is CCSONOC(C)c1ccccc1CCOC=O. The van der Waals surface area contributed by atoms with Crippen LogP contribution in [-0.4, -0.2) is 18.8 Å². The van der Waals surface area contributed by atoms with Gasteiger partial charge in [-0.2, -0.15) is 0 Å². The monoisotopic (exact) mass is 285 g/mol. The van der Waals surface area contributed by atoms with Crippen LogP contribution in [0.5, 0.6) is 0 Å². The van der Waals surface area contributed by atoms with Crippen LogP contribution in [0.1, 0.15) is 31.1 Å². The largest absolute Gasteiger partial charge is 0.468 e. The second kappa shape index (κ2) is 9.80. The fourth-order valence-electron chi connectivity index (χ4n) is 1.61. The number of hydrogen-bond donors (Lipinski definition) is 1. The highest BCUT2D eigenvalue weighted by Crippen LogP contribution is 2.21. The lowest BCUT2D eigenvalue weighted by molar-refractivity contribution is -0.132. The summed E-state index contributed by atoms with van der Waals surface area (Å²) in [6.45, 7) is 4.73. The van der Waals surface area contributed by atoms with Gasteiger partial charge in [-0.3, -0.25) is 9.63 Å². The zero-order valence-corrected chi connectivity index (χ0v) is 11.9. The van der Waals surface area contributed by atoms with Gasteiger partial charge in [-0.15, -0.1) is 0 Å². The van der Waals surface area contributed by atoms with E-state index >= 15 is 0 Å². The van der Waals surface area contributed by atoms with Gasteiger partial charge in [0, 0.05) is 24.2 Å². The van der Waals surface area contributed by atoms with Crippen molar-refractivity contribution in [3.63, 3.8) is 0 Å². The van der Waals surface area contributed by atoms with Crippen LogP contribution in [-0.2, 0) is 25.1 Å². The third-order valence-electron chi connectivity index (χ3n) is 2.49. The number of hydrogen-bond acceptors (Lipinski definition) is 6. The van der Waals surface area contributed by atoms with E-state index in [4.69, 9.17) is 13.9 Å². The van der Waals surface area contributed by atoms with E-state index in [0.29, 0.717) is 19.5 Å². The Balaban J connectivity index is 2.52. The number of ether oxygens (including phenoxy) is 1. The van der Waals surface area contributed by atoms with E-state index in [9.17, 15) is 4.79 Å². The molecule has 1 atom stereocenters. The van der Waals surface area contributed by atoms with Gasteiger partial charge in [0.05, 0.1) is 6.61 Å². The van der Waals surface area contributed by atoms with Gasteiger partial charge in [-0.25, -0.2) is 4.28 Å². The smallest absolute Gasteiger partial charge is 0.293 e. The highest BCUT2D eigenvalue weighted by Gasteiger charge is 2.11. The standard InChI is InChI=1S/C13H19NO4S/c1-3-19-18-14-17-11(2)13-7-5-4-6-12(13)8-9-16-10-15/h4-7,10-11,14H,3,8-9H2,1-2H3. The number of carbonyl (C=O) groups is 1. The van der Waals surface area contributed by atoms with Crippen LogP contribution in [0.15, 0.2) is 24.3 Å². The normalized spacial score (nSPS) is 12.1. The summed E-state index contributed by atoms with van der Waals surface area (Å²) in [5, 5.41) is 0. The summed E-state index contributed by atoms with van der Waals surface area (Å²) in [4.78, 5) is 15.5. The summed E-state index contributed by atoms with van der Waals surface area (Å²) in [5.41, 5.74) is 4.58. The molecule has 0 aliphatic carbocycles. The maximum absolute atomic E-state index is 10.1. The highest BCUT2D eigenvalue weighted by molar-refractivity contribution is 7.94. The molecule has 0 aromatic heterocycles. The van der Waals surface area contributed by atoms with Crippen LogP contribution in [0.25, 0.3) is 0 Å². The van der Waals surface area contributed by atoms with Crippen LogP contribution in [0.2, 0.25) is 0 Å². The Kier molecular flexibility index (Phi) is 8.24. The van der Waals surface area contributed by atoms with Crippen LogP contribution in [0.3, 0.4) is 0 Å². The molecule has 0 aliphatic rings. The lowest BCUT2D eigenvalue weighted by Gasteiger charge is -2.16. The second-order valence-electron chi connectivity index (χ2n) is 3.75. The molecule has 0 saturated heterocycles. The fraction of sp³-hybridized carbons (Fsp3) is 0.462. The molecular formula is C13H19NO4S. The summed E-state index contributed by atoms with van der Waals surface area (Å²) < 4.78 is 9.71. The molecule has 106 valence electrons. The minimum atomic E-state index is -0.162. The lowest BCUT2D eigenvalue weighted by Crippen LogP contribution is -2.16. The number of nitrogens with one attached hydrogen (secondary N) is 1. The summed E-state index contributed by atoms with van der Waals surface area (Å²) in [6, 6.07) is 7.87. The van der Waals surface area contributed by atoms with Gasteiger partial charge in [-0.1, -0.05) is 36.8 Å². The van der Waals surface area contributed by atoms with E-state index in [2.05, 4.69) is 5.64 Å². The zero-order chi connectivity index (χ0) is 13.9. The fourth-order valence-corrected chi connectivity index (χ4v) is 1.82. The Hall–Kier alpha value is -1.08. The number of benzene rings is 1. The second-order valence-corrected chi connectivity index (χ2v) is 4.73. The van der Waals surface area contributed by atoms with Crippen molar-refractivity contribution in [1.29, 1.82) is 0 Å². The Bertz CT molecular complexity index is 375. The van der Waals surface area contributed by atoms with Crippen LogP contribution in [0, 0.1) is 0 Å². The van der Waals surface area contributed by atoms with E-state index in [1.54, 1.807) is 0 Å². The predicted octanol–water partition coefficient (Wildman–Crippen LogP) is 2.58. The van der Waals surface area contributed by atoms with Crippen LogP contribution < -0.4 is 5.64 Å². The van der Waals surface area contributed by atoms with Gasteiger partial charge < -0.3 is 4.74 Å². The molecule has 1 rings (SSSR count). The van der Waals surface area contributed by atoms with Gasteiger partial charge >= 0.3 is 0 Å². The molecule has 0 amide bonds. The van der Waals surface area contributed by atoms with Crippen molar-refractivity contribution >= 4 is 18.5 Å². The first kappa shape index (κ1) is 16.0. The molecule has 0 spiro atoms. The maximum atomic E-state index is 10.1. The van der Waals surface area contributed by atoms with Crippen molar-refractivity contribution < 1.29 is 18.7 Å². The maximum Gasteiger partial charge on any atom is 0.293 e. The van der Waals surface area contributed by atoms with E-state index in [1.165, 1.54) is 12.0 Å². The summed E-state index contributed by atoms with van der Waals surface area (Å²) in [7, 11) is 0. The summed E-state index contributed by atoms with van der Waals surface area (Å²) in [6.07, 6.45) is 0.498. The first-order valence-corrected chi connectivity index (χ1v) is 7.02. The lowest BCUT2D eigenvalue weighted by atomic mass is 10.0. The molecule has 1 unspecified atom stereocenters. The Morgan fingerprint density at radius 1 is 1.42 bits per heavy atom. The molecule has 0 saturated carbocycles. The van der Waals surface area contributed by atoms with Crippen molar-refractivity contribution in [3.8, 4) is 0 Å². The van der Waals surface area contributed by atoms with Crippen LogP contribution >= 0.6 is 12.0 Å². The van der Waals surface area contributed by atoms with Crippen molar-refractivity contribution in [2.45, 2.75) is 26.4 Å². The molecule has 0 fully saturated rings. The molecule has 1 N–H and O–H groups in total. The summed E-state index contributed by atoms with van der Waals surface area (Å²) in [5.74, 6) is 0.838. The third-order valence-corrected chi connectivity index (χ3v) is 2.91. The minimum absolute atomic E-state index is 0.162. The average molecular weight is 285 g/mol. The molecule has 1 aromatic rings. The topological polar surface area (TPSA) is 56.8 Å². The van der Waals surface area contributed by atoms with E-state index in [1.807, 2.05) is 38.1 Å². The van der Waals surface area contributed by atoms with Crippen molar-refractivity contribution in [2.75, 3.05) is 12.4 Å². The van der Waals surface area contributed by atoms with Crippen molar-refractivity contribution in [3.05, 3.63) is 35.4 Å². The molecule has 5 nitrogen and oxygen atoms in total. The van der Waals surface area contributed by atoms with Crippen LogP contribution in [0.4, 0.5) is 0 Å². The molecule has 0 radical (unpaired) electrons. The van der Waals surface area contributed by atoms with Gasteiger partial charge in [0.1, 0.15) is 6.10 Å². The molecular weight excluding hydrogens is 266 g/mol. The van der Waals surface area contributed by atoms with E-state index in [-0.39, 0.29) is 6.10 Å². The van der Waals surface area contributed by atoms with Gasteiger partial charge in [0.15, 0.2) is 0 Å². The molecule has 0 heterocycles. The quantitative estimate of drug-likeness (QED) is 0.309. The first-order chi connectivity index (χ1) is 9.29. The molecule has 19 heavy (non-hydrogen) atoms. The van der Waals surface area contributed by atoms with E-state index < -0.39 is 0 Å². The number of rotatable bonds is 10. The van der Waals surface area contributed by atoms with Gasteiger partial charge in [-0.05, 0) is 18.1 Å². The number of carbonyl (C=O) groups excluding carboxylic acids is 1. The van der Waals surface area contributed by atoms with E-state index in [0.717, 1.165) is 16.9 Å². The van der Waals surface area contributed by atoms with Crippen molar-refractivity contribution in [2.24, 2.45) is 0 Å². The molecule has 6 heteroatoms. The zero-order valence-electron chi connectivity index (χ0n) is 11.1. The third kappa shape index (κ3) is 6.07. The highest BCUT2D eigenvalue weighted by atomic mass is 32.2. The summed E-state index contributed by atoms with van der Waals surface area (Å²) >= 11 is 1.27. The molecule has 0 aliphatic heterocycles. The Labute approximate surface area is 117 Å². The first-order valence-electron chi connectivity index (χ1n) is 6.11. The Morgan fingerprint density at radius 3 is 2.95 bits per heavy atom. The predicted molar refractivity (Wildman–Crippen MR) is 74.0 cm³/mol. The Morgan fingerprint density at radius 2 is 2.21 bits per heavy atom. The average Bonchev–Trinajstić information content (AvgIpc) is 2.44. The molecule has 1 aromatic carbocycles. The molecule has 0 bridgehead atoms. The minimum Gasteiger partial charge on any atom is -0.468 e.